The van der Waals surface area contributed by atoms with Gasteiger partial charge in [-0.05, 0) is 39.8 Å². The third-order valence-electron chi connectivity index (χ3n) is 4.90. The van der Waals surface area contributed by atoms with E-state index in [4.69, 9.17) is 23.7 Å². The van der Waals surface area contributed by atoms with Gasteiger partial charge in [-0.1, -0.05) is 18.2 Å². The average molecular weight is 364 g/mol. The van der Waals surface area contributed by atoms with Crippen molar-refractivity contribution in [2.24, 2.45) is 0 Å². The van der Waals surface area contributed by atoms with Crippen molar-refractivity contribution in [2.45, 2.75) is 75.9 Å². The molecule has 2 heterocycles. The van der Waals surface area contributed by atoms with Gasteiger partial charge in [0.25, 0.3) is 0 Å². The molecule has 142 valence electrons. The van der Waals surface area contributed by atoms with Crippen molar-refractivity contribution in [1.82, 2.24) is 0 Å². The predicted octanol–water partition coefficient (Wildman–Crippen LogP) is 1.63. The number of aliphatic hydroxyl groups excluding tert-OH is 1. The van der Waals surface area contributed by atoms with Gasteiger partial charge in [-0.2, -0.15) is 0 Å². The van der Waals surface area contributed by atoms with Crippen LogP contribution in [0.4, 0.5) is 0 Å². The molecule has 7 nitrogen and oxygen atoms in total. The van der Waals surface area contributed by atoms with E-state index in [9.17, 15) is 9.90 Å². The lowest BCUT2D eigenvalue weighted by atomic mass is 9.85. The summed E-state index contributed by atoms with van der Waals surface area (Å²) in [6, 6.07) is 8.72. The van der Waals surface area contributed by atoms with Crippen LogP contribution in [0.1, 0.15) is 38.1 Å². The molecule has 2 aliphatic heterocycles. The standard InChI is InChI=1S/C19H24O7/c1-18(2)23-12-11(20)13-16(26-19(3,4)24-13)14(15(12)25-18)22-17(21)10-8-6-5-7-9-10/h5-9,11-16,20H,1-4H3/t11?,12-,13+,14?,15-,16-/m0/s1. The summed E-state index contributed by atoms with van der Waals surface area (Å²) in [6.07, 6.45) is -4.34. The maximum atomic E-state index is 12.6. The summed E-state index contributed by atoms with van der Waals surface area (Å²) in [5.74, 6) is -2.28. The highest BCUT2D eigenvalue weighted by Gasteiger charge is 2.64. The Labute approximate surface area is 152 Å². The third kappa shape index (κ3) is 3.04. The van der Waals surface area contributed by atoms with Crippen LogP contribution in [0.15, 0.2) is 30.3 Å². The van der Waals surface area contributed by atoms with E-state index in [1.165, 1.54) is 0 Å². The van der Waals surface area contributed by atoms with E-state index in [-0.39, 0.29) is 0 Å². The zero-order chi connectivity index (χ0) is 18.7. The molecule has 1 saturated carbocycles. The molecule has 0 radical (unpaired) electrons. The number of carbonyl (C=O) groups excluding carboxylic acids is 1. The molecule has 2 unspecified atom stereocenters. The van der Waals surface area contributed by atoms with Crippen molar-refractivity contribution in [3.63, 3.8) is 0 Å². The van der Waals surface area contributed by atoms with Crippen LogP contribution >= 0.6 is 0 Å². The summed E-state index contributed by atoms with van der Waals surface area (Å²) >= 11 is 0. The Morgan fingerprint density at radius 3 is 1.85 bits per heavy atom. The molecule has 6 atom stereocenters. The number of rotatable bonds is 2. The summed E-state index contributed by atoms with van der Waals surface area (Å²) < 4.78 is 29.4. The topological polar surface area (TPSA) is 83.5 Å². The fraction of sp³-hybridized carbons (Fsp3) is 0.632. The Morgan fingerprint density at radius 2 is 1.35 bits per heavy atom. The number of carbonyl (C=O) groups is 1. The largest absolute Gasteiger partial charge is 0.453 e. The molecule has 0 bridgehead atoms. The molecule has 4 rings (SSSR count). The first-order valence-corrected chi connectivity index (χ1v) is 8.82. The van der Waals surface area contributed by atoms with Gasteiger partial charge >= 0.3 is 5.97 Å². The van der Waals surface area contributed by atoms with E-state index in [0.29, 0.717) is 5.56 Å². The lowest BCUT2D eigenvalue weighted by Crippen LogP contribution is -2.62. The van der Waals surface area contributed by atoms with Crippen molar-refractivity contribution in [2.75, 3.05) is 0 Å². The van der Waals surface area contributed by atoms with E-state index in [1.807, 2.05) is 6.07 Å². The maximum Gasteiger partial charge on any atom is 0.338 e. The third-order valence-corrected chi connectivity index (χ3v) is 4.90. The number of benzene rings is 1. The Bertz CT molecular complexity index is 654. The molecule has 1 aromatic carbocycles. The van der Waals surface area contributed by atoms with Crippen LogP contribution < -0.4 is 0 Å². The smallest absolute Gasteiger partial charge is 0.338 e. The van der Waals surface area contributed by atoms with Crippen LogP contribution in [-0.4, -0.2) is 59.3 Å². The number of hydrogen-bond donors (Lipinski definition) is 1. The maximum absolute atomic E-state index is 12.6. The minimum atomic E-state index is -0.944. The Kier molecular flexibility index (Phi) is 4.13. The molecular weight excluding hydrogens is 340 g/mol. The van der Waals surface area contributed by atoms with Gasteiger partial charge in [-0.3, -0.25) is 0 Å². The average Bonchev–Trinajstić information content (AvgIpc) is 3.08. The molecule has 1 aliphatic carbocycles. The molecule has 1 N–H and O–H groups in total. The summed E-state index contributed by atoms with van der Waals surface area (Å²) in [5.41, 5.74) is 0.433. The normalized spacial score (nSPS) is 39.9. The van der Waals surface area contributed by atoms with Crippen molar-refractivity contribution in [1.29, 1.82) is 0 Å². The van der Waals surface area contributed by atoms with Crippen molar-refractivity contribution >= 4 is 5.97 Å². The quantitative estimate of drug-likeness (QED) is 0.799. The van der Waals surface area contributed by atoms with E-state index in [1.54, 1.807) is 52.0 Å². The van der Waals surface area contributed by atoms with Gasteiger partial charge in [-0.15, -0.1) is 0 Å². The zero-order valence-electron chi connectivity index (χ0n) is 15.2. The first kappa shape index (κ1) is 17.9. The van der Waals surface area contributed by atoms with Crippen molar-refractivity contribution < 1.29 is 33.6 Å². The highest BCUT2D eigenvalue weighted by Crippen LogP contribution is 2.45. The number of esters is 1. The number of ether oxygens (including phenoxy) is 5. The Balaban J connectivity index is 1.64. The second-order valence-corrected chi connectivity index (χ2v) is 7.86. The lowest BCUT2D eigenvalue weighted by Gasteiger charge is -2.40. The molecule has 3 aliphatic rings. The minimum Gasteiger partial charge on any atom is -0.453 e. The monoisotopic (exact) mass is 364 g/mol. The molecule has 1 aromatic rings. The SMILES string of the molecule is CC1(C)O[C@@H]2C(OC(=O)c3ccccc3)[C@H]3OC(C)(C)O[C@H]3C(O)[C@H]2O1. The van der Waals surface area contributed by atoms with E-state index < -0.39 is 54.2 Å². The van der Waals surface area contributed by atoms with Gasteiger partial charge < -0.3 is 28.8 Å². The predicted molar refractivity (Wildman–Crippen MR) is 89.3 cm³/mol. The molecule has 0 amide bonds. The fourth-order valence-electron chi connectivity index (χ4n) is 3.94. The van der Waals surface area contributed by atoms with Gasteiger partial charge in [0.15, 0.2) is 17.7 Å². The van der Waals surface area contributed by atoms with E-state index in [2.05, 4.69) is 0 Å². The van der Waals surface area contributed by atoms with Crippen LogP contribution in [0, 0.1) is 0 Å². The molecule has 2 saturated heterocycles. The van der Waals surface area contributed by atoms with Gasteiger partial charge in [0.1, 0.15) is 30.5 Å². The lowest BCUT2D eigenvalue weighted by molar-refractivity contribution is -0.183. The second kappa shape index (κ2) is 6.00. The summed E-state index contributed by atoms with van der Waals surface area (Å²) in [6.45, 7) is 7.04. The van der Waals surface area contributed by atoms with Crippen LogP contribution in [0.5, 0.6) is 0 Å². The van der Waals surface area contributed by atoms with Crippen LogP contribution in [0.3, 0.4) is 0 Å². The van der Waals surface area contributed by atoms with E-state index >= 15 is 0 Å². The minimum absolute atomic E-state index is 0.433. The van der Waals surface area contributed by atoms with Gasteiger partial charge in [0.2, 0.25) is 0 Å². The zero-order valence-corrected chi connectivity index (χ0v) is 15.2. The molecule has 7 heteroatoms. The van der Waals surface area contributed by atoms with E-state index in [0.717, 1.165) is 0 Å². The summed E-state index contributed by atoms with van der Waals surface area (Å²) in [7, 11) is 0. The Hall–Kier alpha value is -1.51. The molecule has 3 fully saturated rings. The van der Waals surface area contributed by atoms with Gasteiger partial charge in [0.05, 0.1) is 5.56 Å². The first-order valence-electron chi connectivity index (χ1n) is 8.82. The van der Waals surface area contributed by atoms with Gasteiger partial charge in [0, 0.05) is 0 Å². The number of aliphatic hydroxyl groups is 1. The van der Waals surface area contributed by atoms with Crippen molar-refractivity contribution in [3.8, 4) is 0 Å². The molecule has 26 heavy (non-hydrogen) atoms. The van der Waals surface area contributed by atoms with Crippen LogP contribution in [0.25, 0.3) is 0 Å². The molecular formula is C19H24O7. The van der Waals surface area contributed by atoms with Gasteiger partial charge in [-0.25, -0.2) is 4.79 Å². The summed E-state index contributed by atoms with van der Waals surface area (Å²) in [5, 5.41) is 10.7. The van der Waals surface area contributed by atoms with Crippen molar-refractivity contribution in [3.05, 3.63) is 35.9 Å². The van der Waals surface area contributed by atoms with Crippen LogP contribution in [-0.2, 0) is 23.7 Å². The number of hydrogen-bond acceptors (Lipinski definition) is 7. The fourth-order valence-corrected chi connectivity index (χ4v) is 3.94. The first-order chi connectivity index (χ1) is 12.2. The number of fused-ring (bicyclic) bond motifs is 2. The summed E-state index contributed by atoms with van der Waals surface area (Å²) in [4.78, 5) is 12.6. The second-order valence-electron chi connectivity index (χ2n) is 7.86. The molecule has 0 aromatic heterocycles. The van der Waals surface area contributed by atoms with Crippen LogP contribution in [0.2, 0.25) is 0 Å². The Morgan fingerprint density at radius 1 is 0.885 bits per heavy atom. The molecule has 0 spiro atoms. The highest BCUT2D eigenvalue weighted by molar-refractivity contribution is 5.89. The highest BCUT2D eigenvalue weighted by atomic mass is 16.8.